The van der Waals surface area contributed by atoms with Gasteiger partial charge in [-0.25, -0.2) is 0 Å². The largest absolute Gasteiger partial charge is 0.512 e. The first-order valence-corrected chi connectivity index (χ1v) is 13.0. The van der Waals surface area contributed by atoms with E-state index in [1.54, 1.807) is 5.56 Å². The van der Waals surface area contributed by atoms with Crippen LogP contribution >= 0.6 is 0 Å². The maximum atomic E-state index is 10.0. The van der Waals surface area contributed by atoms with Crippen molar-refractivity contribution in [2.75, 3.05) is 0 Å². The number of carbonyl (C=O) groups excluding carboxylic acids is 1. The predicted octanol–water partition coefficient (Wildman–Crippen LogP) is 7.82. The van der Waals surface area contributed by atoms with Gasteiger partial charge in [0, 0.05) is 32.4 Å². The van der Waals surface area contributed by atoms with Crippen molar-refractivity contribution in [1.82, 2.24) is 4.98 Å². The van der Waals surface area contributed by atoms with Gasteiger partial charge < -0.3 is 10.1 Å². The number of aliphatic hydroxyl groups is 1. The Balaban J connectivity index is 0.000000338. The van der Waals surface area contributed by atoms with Crippen molar-refractivity contribution in [3.05, 3.63) is 77.2 Å². The summed E-state index contributed by atoms with van der Waals surface area (Å²) in [5.74, 6) is 2.84. The second-order valence-corrected chi connectivity index (χ2v) is 11.4. The van der Waals surface area contributed by atoms with Gasteiger partial charge in [0.25, 0.3) is 0 Å². The van der Waals surface area contributed by atoms with E-state index in [2.05, 4.69) is 56.3 Å². The molecule has 4 aliphatic carbocycles. The number of benzene rings is 2. The van der Waals surface area contributed by atoms with Crippen LogP contribution in [0.1, 0.15) is 69.1 Å². The number of nitrogens with zero attached hydrogens (tertiary/aromatic N) is 1. The maximum absolute atomic E-state index is 10.0. The standard InChI is InChI=1S/C27H28N.C5H8O2.Ir/c1-17-8-18(2)10-22(9-17)26-24-4-3-5-25(23(24)6-7-28-26)27-14-19-11-20(15-27)13-21(12-19)16-27;1-4(6)3-5(2)7;/h3-9,19-21H,11-16H2,1-2H3;3,6H,1-2H3;/q-1;;/b;4-3-;. The quantitative estimate of drug-likeness (QED) is 0.177. The molecule has 0 amide bonds. The van der Waals surface area contributed by atoms with Gasteiger partial charge in [0.05, 0.1) is 5.76 Å². The number of hydrogen-bond acceptors (Lipinski definition) is 3. The van der Waals surface area contributed by atoms with Crippen LogP contribution in [0.15, 0.2) is 54.4 Å². The van der Waals surface area contributed by atoms with Crippen molar-refractivity contribution in [3.8, 4) is 11.3 Å². The van der Waals surface area contributed by atoms with Crippen LogP contribution in [0.4, 0.5) is 0 Å². The molecule has 1 radical (unpaired) electrons. The molecule has 1 N–H and O–H groups in total. The molecule has 7 rings (SSSR count). The van der Waals surface area contributed by atoms with E-state index >= 15 is 0 Å². The molecule has 0 unspecified atom stereocenters. The number of aliphatic hydroxyl groups excluding tert-OH is 1. The Bertz CT molecular complexity index is 1250. The molecule has 4 heteroatoms. The van der Waals surface area contributed by atoms with Gasteiger partial charge >= 0.3 is 0 Å². The van der Waals surface area contributed by atoms with Crippen LogP contribution in [-0.2, 0) is 30.3 Å². The van der Waals surface area contributed by atoms with E-state index in [4.69, 9.17) is 10.1 Å². The van der Waals surface area contributed by atoms with E-state index in [-0.39, 0.29) is 31.6 Å². The van der Waals surface area contributed by atoms with Gasteiger partial charge in [0.15, 0.2) is 5.78 Å². The molecule has 191 valence electrons. The number of hydrogen-bond donors (Lipinski definition) is 1. The Kier molecular flexibility index (Phi) is 7.88. The van der Waals surface area contributed by atoms with E-state index in [9.17, 15) is 4.79 Å². The second-order valence-electron chi connectivity index (χ2n) is 11.4. The molecule has 1 heterocycles. The first kappa shape index (κ1) is 26.8. The molecule has 0 aliphatic heterocycles. The molecule has 3 nitrogen and oxygen atoms in total. The molecule has 2 aromatic carbocycles. The van der Waals surface area contributed by atoms with Crippen LogP contribution in [0.3, 0.4) is 0 Å². The summed E-state index contributed by atoms with van der Waals surface area (Å²) in [4.78, 5) is 14.8. The summed E-state index contributed by atoms with van der Waals surface area (Å²) in [6.07, 6.45) is 11.9. The van der Waals surface area contributed by atoms with E-state index < -0.39 is 0 Å². The molecule has 4 aliphatic rings. The third-order valence-corrected chi connectivity index (χ3v) is 8.23. The van der Waals surface area contributed by atoms with Gasteiger partial charge in [-0.3, -0.25) is 4.79 Å². The van der Waals surface area contributed by atoms with Crippen molar-refractivity contribution in [2.45, 2.75) is 71.6 Å². The summed E-state index contributed by atoms with van der Waals surface area (Å²) in [5, 5.41) is 11.1. The fraction of sp³-hybridized carbons (Fsp3) is 0.438. The first-order valence-electron chi connectivity index (χ1n) is 13.0. The summed E-state index contributed by atoms with van der Waals surface area (Å²) in [6, 6.07) is 17.2. The smallest absolute Gasteiger partial charge is 0.155 e. The summed E-state index contributed by atoms with van der Waals surface area (Å²) in [7, 11) is 0. The van der Waals surface area contributed by atoms with Crippen LogP contribution in [0.2, 0.25) is 0 Å². The summed E-state index contributed by atoms with van der Waals surface area (Å²) in [6.45, 7) is 7.14. The number of carbonyl (C=O) groups is 1. The van der Waals surface area contributed by atoms with Crippen LogP contribution in [0.5, 0.6) is 0 Å². The SMILES string of the molecule is CC(=O)/C=C(/C)O.Cc1[c-]c(-c2nccc3c(C45CC6CC(CC(C6)C4)C5)cccc23)cc(C)c1.[Ir]. The third kappa shape index (κ3) is 5.36. The van der Waals surface area contributed by atoms with Gasteiger partial charge in [-0.1, -0.05) is 32.0 Å². The number of rotatable bonds is 3. The maximum Gasteiger partial charge on any atom is 0.155 e. The van der Waals surface area contributed by atoms with Crippen LogP contribution in [0, 0.1) is 37.7 Å². The zero-order valence-electron chi connectivity index (χ0n) is 21.7. The van der Waals surface area contributed by atoms with Crippen molar-refractivity contribution in [2.24, 2.45) is 17.8 Å². The Morgan fingerprint density at radius 3 is 2.17 bits per heavy atom. The molecule has 4 saturated carbocycles. The average molecular weight is 659 g/mol. The monoisotopic (exact) mass is 659 g/mol. The number of allylic oxidation sites excluding steroid dienone is 2. The molecular weight excluding hydrogens is 623 g/mol. The van der Waals surface area contributed by atoms with Gasteiger partial charge in [0.1, 0.15) is 0 Å². The fourth-order valence-corrected chi connectivity index (χ4v) is 7.64. The molecule has 36 heavy (non-hydrogen) atoms. The topological polar surface area (TPSA) is 50.2 Å². The van der Waals surface area contributed by atoms with Crippen molar-refractivity contribution in [1.29, 1.82) is 0 Å². The molecule has 0 atom stereocenters. The van der Waals surface area contributed by atoms with Gasteiger partial charge in [-0.2, -0.15) is 0 Å². The molecule has 4 fully saturated rings. The second kappa shape index (κ2) is 10.6. The predicted molar refractivity (Wildman–Crippen MR) is 142 cm³/mol. The fourth-order valence-electron chi connectivity index (χ4n) is 7.64. The van der Waals surface area contributed by atoms with E-state index in [0.717, 1.165) is 29.0 Å². The molecular formula is C32H36IrNO2-. The van der Waals surface area contributed by atoms with Crippen LogP contribution < -0.4 is 0 Å². The molecule has 0 spiro atoms. The van der Waals surface area contributed by atoms with Gasteiger partial charge in [-0.15, -0.1) is 34.9 Å². The van der Waals surface area contributed by atoms with Crippen molar-refractivity contribution in [3.63, 3.8) is 0 Å². The molecule has 1 aromatic heterocycles. The minimum Gasteiger partial charge on any atom is -0.512 e. The Labute approximate surface area is 228 Å². The Morgan fingerprint density at radius 1 is 1.00 bits per heavy atom. The van der Waals surface area contributed by atoms with Crippen LogP contribution in [-0.4, -0.2) is 15.9 Å². The normalized spacial score (nSPS) is 26.2. The summed E-state index contributed by atoms with van der Waals surface area (Å²) >= 11 is 0. The zero-order valence-corrected chi connectivity index (χ0v) is 24.1. The summed E-state index contributed by atoms with van der Waals surface area (Å²) < 4.78 is 0. The van der Waals surface area contributed by atoms with E-state index in [0.29, 0.717) is 5.41 Å². The van der Waals surface area contributed by atoms with Gasteiger partial charge in [0.2, 0.25) is 0 Å². The van der Waals surface area contributed by atoms with E-state index in [1.165, 1.54) is 80.3 Å². The van der Waals surface area contributed by atoms with Gasteiger partial charge in [-0.05, 0) is 104 Å². The minimum absolute atomic E-state index is 0. The number of ketones is 1. The Hall–Kier alpha value is -2.29. The average Bonchev–Trinajstić information content (AvgIpc) is 2.76. The number of aryl methyl sites for hydroxylation is 2. The molecule has 0 saturated heterocycles. The third-order valence-electron chi connectivity index (χ3n) is 8.23. The van der Waals surface area contributed by atoms with E-state index in [1.807, 2.05) is 6.20 Å². The Morgan fingerprint density at radius 2 is 1.64 bits per heavy atom. The number of aromatic nitrogens is 1. The van der Waals surface area contributed by atoms with Crippen molar-refractivity contribution < 1.29 is 30.0 Å². The van der Waals surface area contributed by atoms with Crippen LogP contribution in [0.25, 0.3) is 22.0 Å². The minimum atomic E-state index is -0.125. The number of pyridine rings is 1. The summed E-state index contributed by atoms with van der Waals surface area (Å²) in [5.41, 5.74) is 6.71. The first-order chi connectivity index (χ1) is 16.7. The molecule has 3 aromatic rings. The molecule has 4 bridgehead atoms. The zero-order chi connectivity index (χ0) is 24.7. The van der Waals surface area contributed by atoms with Crippen molar-refractivity contribution >= 4 is 16.6 Å². The number of fused-ring (bicyclic) bond motifs is 1.